The van der Waals surface area contributed by atoms with Crippen LogP contribution < -0.4 is 15.4 Å². The van der Waals surface area contributed by atoms with Crippen molar-refractivity contribution in [2.75, 3.05) is 21.6 Å². The number of carbonyl (C=O) groups is 3. The number of benzene rings is 1. The zero-order valence-electron chi connectivity index (χ0n) is 16.4. The minimum atomic E-state index is -3.41. The largest absolute Gasteiger partial charge is 0.326 e. The number of aryl methyl sites for hydroxylation is 1. The number of hydrogen-bond acceptors (Lipinski definition) is 7. The number of sulfonamides is 1. The number of thiazole rings is 1. The second kappa shape index (κ2) is 9.62. The lowest BCUT2D eigenvalue weighted by atomic mass is 10.1. The van der Waals surface area contributed by atoms with Gasteiger partial charge in [0.15, 0.2) is 5.13 Å². The van der Waals surface area contributed by atoms with Crippen molar-refractivity contribution in [3.8, 4) is 0 Å². The number of aromatic nitrogens is 1. The quantitative estimate of drug-likeness (QED) is 0.546. The lowest BCUT2D eigenvalue weighted by Gasteiger charge is -2.08. The average Bonchev–Trinajstić information content (AvgIpc) is 3.13. The molecule has 2 aromatic rings. The fourth-order valence-corrected chi connectivity index (χ4v) is 3.90. The zero-order valence-corrected chi connectivity index (χ0v) is 18.0. The number of dihydropyridines is 1. The molecule has 0 saturated heterocycles. The van der Waals surface area contributed by atoms with Gasteiger partial charge in [-0.2, -0.15) is 0 Å². The zero-order chi connectivity index (χ0) is 22.4. The van der Waals surface area contributed by atoms with Gasteiger partial charge < -0.3 is 10.6 Å². The van der Waals surface area contributed by atoms with Gasteiger partial charge in [0.1, 0.15) is 0 Å². The number of hydrogen-bond donors (Lipinski definition) is 3. The van der Waals surface area contributed by atoms with Gasteiger partial charge in [-0.15, -0.1) is 11.3 Å². The Morgan fingerprint density at radius 2 is 1.97 bits per heavy atom. The van der Waals surface area contributed by atoms with Crippen molar-refractivity contribution in [2.45, 2.75) is 12.8 Å². The Bertz CT molecular complexity index is 1150. The summed E-state index contributed by atoms with van der Waals surface area (Å²) in [6, 6.07) is 6.37. The minimum Gasteiger partial charge on any atom is -0.326 e. The molecule has 12 heteroatoms. The van der Waals surface area contributed by atoms with Crippen LogP contribution in [0.25, 0.3) is 0 Å². The molecule has 0 bridgehead atoms. The van der Waals surface area contributed by atoms with Gasteiger partial charge in [-0.05, 0) is 24.6 Å². The topological polar surface area (TPSA) is 147 Å². The van der Waals surface area contributed by atoms with Crippen molar-refractivity contribution in [2.24, 2.45) is 10.9 Å². The van der Waals surface area contributed by atoms with Gasteiger partial charge >= 0.3 is 0 Å². The Kier molecular flexibility index (Phi) is 6.92. The lowest BCUT2D eigenvalue weighted by Crippen LogP contribution is -2.24. The first-order valence-electron chi connectivity index (χ1n) is 9.07. The first kappa shape index (κ1) is 22.3. The molecule has 1 aromatic carbocycles. The number of carbonyl (C=O) groups excluding carboxylic acids is 3. The summed E-state index contributed by atoms with van der Waals surface area (Å²) >= 11 is 1.23. The maximum absolute atomic E-state index is 12.2. The van der Waals surface area contributed by atoms with Gasteiger partial charge in [-0.3, -0.25) is 19.1 Å². The van der Waals surface area contributed by atoms with Gasteiger partial charge in [0, 0.05) is 29.8 Å². The van der Waals surface area contributed by atoms with Gasteiger partial charge in [-0.1, -0.05) is 12.1 Å². The summed E-state index contributed by atoms with van der Waals surface area (Å²) in [6.07, 6.45) is 5.53. The molecule has 0 saturated carbocycles. The van der Waals surface area contributed by atoms with Gasteiger partial charge in [0.25, 0.3) is 5.91 Å². The molecule has 162 valence electrons. The lowest BCUT2D eigenvalue weighted by molar-refractivity contribution is -0.117. The van der Waals surface area contributed by atoms with Crippen LogP contribution in [0.4, 0.5) is 16.5 Å². The smallest absolute Gasteiger partial charge is 0.269 e. The van der Waals surface area contributed by atoms with E-state index in [0.29, 0.717) is 28.6 Å². The maximum atomic E-state index is 12.2. The normalized spacial score (nSPS) is 15.5. The SMILES string of the molecule is CS(=O)(=O)Nc1cccc(NC(=O)CCc2csc(NC(=O)C3C=CC(=O)N=C3)n2)c1. The number of nitrogens with zero attached hydrogens (tertiary/aromatic N) is 2. The molecule has 1 unspecified atom stereocenters. The third-order valence-corrected chi connectivity index (χ3v) is 5.36. The molecule has 0 radical (unpaired) electrons. The van der Waals surface area contributed by atoms with Crippen molar-refractivity contribution in [3.63, 3.8) is 0 Å². The van der Waals surface area contributed by atoms with Crippen LogP contribution >= 0.6 is 11.3 Å². The number of nitrogens with one attached hydrogen (secondary N) is 3. The van der Waals surface area contributed by atoms with Crippen molar-refractivity contribution < 1.29 is 22.8 Å². The van der Waals surface area contributed by atoms with Crippen LogP contribution in [0.5, 0.6) is 0 Å². The maximum Gasteiger partial charge on any atom is 0.269 e. The molecule has 0 fully saturated rings. The Morgan fingerprint density at radius 1 is 1.19 bits per heavy atom. The predicted molar refractivity (Wildman–Crippen MR) is 119 cm³/mol. The van der Waals surface area contributed by atoms with E-state index < -0.39 is 21.8 Å². The van der Waals surface area contributed by atoms with Crippen LogP contribution in [-0.2, 0) is 30.8 Å². The monoisotopic (exact) mass is 461 g/mol. The molecule has 3 N–H and O–H groups in total. The van der Waals surface area contributed by atoms with E-state index in [1.165, 1.54) is 35.8 Å². The molecule has 3 amide bonds. The van der Waals surface area contributed by atoms with E-state index >= 15 is 0 Å². The second-order valence-electron chi connectivity index (χ2n) is 6.64. The molecule has 3 rings (SSSR count). The van der Waals surface area contributed by atoms with E-state index in [9.17, 15) is 22.8 Å². The first-order valence-corrected chi connectivity index (χ1v) is 11.8. The van der Waals surface area contributed by atoms with Gasteiger partial charge in [0.2, 0.25) is 21.8 Å². The molecular formula is C19H19N5O5S2. The molecule has 1 aliphatic rings. The molecular weight excluding hydrogens is 442 g/mol. The van der Waals surface area contributed by atoms with E-state index in [-0.39, 0.29) is 18.2 Å². The number of aliphatic imine (C=N–C) groups is 1. The summed E-state index contributed by atoms with van der Waals surface area (Å²) in [7, 11) is -3.41. The van der Waals surface area contributed by atoms with Crippen LogP contribution in [0.15, 0.2) is 46.8 Å². The van der Waals surface area contributed by atoms with Gasteiger partial charge in [-0.25, -0.2) is 18.4 Å². The molecule has 0 aliphatic carbocycles. The van der Waals surface area contributed by atoms with Crippen molar-refractivity contribution >= 4 is 61.8 Å². The highest BCUT2D eigenvalue weighted by atomic mass is 32.2. The van der Waals surface area contributed by atoms with E-state index in [2.05, 4.69) is 25.3 Å². The highest BCUT2D eigenvalue weighted by molar-refractivity contribution is 7.92. The highest BCUT2D eigenvalue weighted by Gasteiger charge is 2.18. The summed E-state index contributed by atoms with van der Waals surface area (Å²) in [6.45, 7) is 0. The average molecular weight is 462 g/mol. The van der Waals surface area contributed by atoms with E-state index in [4.69, 9.17) is 0 Å². The van der Waals surface area contributed by atoms with Crippen LogP contribution in [0, 0.1) is 5.92 Å². The van der Waals surface area contributed by atoms with Crippen molar-refractivity contribution in [1.82, 2.24) is 4.98 Å². The van der Waals surface area contributed by atoms with Crippen LogP contribution in [0.2, 0.25) is 0 Å². The summed E-state index contributed by atoms with van der Waals surface area (Å²) in [5.41, 5.74) is 1.46. The van der Waals surface area contributed by atoms with Crippen molar-refractivity contribution in [3.05, 3.63) is 47.5 Å². The minimum absolute atomic E-state index is 0.154. The molecule has 2 heterocycles. The number of amides is 3. The molecule has 1 atom stereocenters. The summed E-state index contributed by atoms with van der Waals surface area (Å²) in [5, 5.41) is 7.50. The number of anilines is 3. The molecule has 1 aromatic heterocycles. The van der Waals surface area contributed by atoms with E-state index in [1.807, 2.05) is 0 Å². The Labute approximate surface area is 182 Å². The van der Waals surface area contributed by atoms with Gasteiger partial charge in [0.05, 0.1) is 23.6 Å². The van der Waals surface area contributed by atoms with Crippen LogP contribution in [0.3, 0.4) is 0 Å². The van der Waals surface area contributed by atoms with E-state index in [0.717, 1.165) is 6.26 Å². The summed E-state index contributed by atoms with van der Waals surface area (Å²) in [4.78, 5) is 43.3. The molecule has 0 spiro atoms. The summed E-state index contributed by atoms with van der Waals surface area (Å²) < 4.78 is 25.0. The third-order valence-electron chi connectivity index (χ3n) is 3.95. The fraction of sp³-hybridized carbons (Fsp3) is 0.211. The standard InChI is InChI=1S/C19H19N5O5S2/c1-31(28,29)24-14-4-2-3-13(9-14)21-17(26)8-6-15-11-30-19(22-15)23-18(27)12-5-7-16(25)20-10-12/h2-5,7,9-12,24H,6,8H2,1H3,(H,21,26)(H,22,23,27). The summed E-state index contributed by atoms with van der Waals surface area (Å²) in [5.74, 6) is -1.65. The third kappa shape index (κ3) is 7.12. The van der Waals surface area contributed by atoms with Crippen LogP contribution in [0.1, 0.15) is 12.1 Å². The second-order valence-corrected chi connectivity index (χ2v) is 9.24. The fourth-order valence-electron chi connectivity index (χ4n) is 2.60. The Morgan fingerprint density at radius 3 is 2.68 bits per heavy atom. The first-order chi connectivity index (χ1) is 14.7. The number of rotatable bonds is 8. The molecule has 31 heavy (non-hydrogen) atoms. The predicted octanol–water partition coefficient (Wildman–Crippen LogP) is 1.81. The Balaban J connectivity index is 1.49. The van der Waals surface area contributed by atoms with Crippen molar-refractivity contribution in [1.29, 1.82) is 0 Å². The van der Waals surface area contributed by atoms with E-state index in [1.54, 1.807) is 23.6 Å². The highest BCUT2D eigenvalue weighted by Crippen LogP contribution is 2.19. The molecule has 1 aliphatic heterocycles. The van der Waals surface area contributed by atoms with Crippen LogP contribution in [-0.4, -0.2) is 43.6 Å². The molecule has 10 nitrogen and oxygen atoms in total. The Hall–Kier alpha value is -3.38.